The number of nitrogens with zero attached hydrogens (tertiary/aromatic N) is 2. The fraction of sp³-hybridized carbons (Fsp3) is 0.538. The van der Waals surface area contributed by atoms with E-state index in [1.54, 1.807) is 11.3 Å². The minimum Gasteiger partial charge on any atom is -0.391 e. The van der Waals surface area contributed by atoms with Gasteiger partial charge in [0, 0.05) is 11.4 Å². The van der Waals surface area contributed by atoms with Crippen molar-refractivity contribution in [3.05, 3.63) is 62.5 Å². The number of aromatic nitrogens is 2. The van der Waals surface area contributed by atoms with E-state index in [9.17, 15) is 9.90 Å². The van der Waals surface area contributed by atoms with Crippen molar-refractivity contribution in [3.63, 3.8) is 0 Å². The van der Waals surface area contributed by atoms with Crippen LogP contribution in [0.4, 0.5) is 0 Å². The molecule has 0 bridgehead atoms. The van der Waals surface area contributed by atoms with E-state index in [2.05, 4.69) is 30.7 Å². The van der Waals surface area contributed by atoms with E-state index in [4.69, 9.17) is 4.98 Å². The molecule has 2 heterocycles. The minimum absolute atomic E-state index is 0.00861. The number of fused-ring (bicyclic) bond motifs is 3. The molecule has 2 N–H and O–H groups in total. The molecule has 0 aliphatic heterocycles. The van der Waals surface area contributed by atoms with E-state index in [1.807, 2.05) is 30.3 Å². The predicted octanol–water partition coefficient (Wildman–Crippen LogP) is 4.56. The van der Waals surface area contributed by atoms with Crippen molar-refractivity contribution in [2.24, 2.45) is 11.8 Å². The Morgan fingerprint density at radius 3 is 2.81 bits per heavy atom. The van der Waals surface area contributed by atoms with Crippen LogP contribution in [-0.4, -0.2) is 39.2 Å². The van der Waals surface area contributed by atoms with Gasteiger partial charge >= 0.3 is 0 Å². The number of aliphatic hydroxyl groups is 1. The summed E-state index contributed by atoms with van der Waals surface area (Å²) in [5.74, 6) is 1.95. The largest absolute Gasteiger partial charge is 0.391 e. The Morgan fingerprint density at radius 1 is 1.28 bits per heavy atom. The minimum atomic E-state index is -0.462. The molecule has 1 aliphatic carbocycles. The van der Waals surface area contributed by atoms with Gasteiger partial charge < -0.3 is 10.1 Å². The first-order valence-corrected chi connectivity index (χ1v) is 12.7. The van der Waals surface area contributed by atoms with Crippen molar-refractivity contribution >= 4 is 21.6 Å². The van der Waals surface area contributed by atoms with E-state index in [1.165, 1.54) is 10.4 Å². The number of hydrogen-bond acceptors (Lipinski definition) is 5. The van der Waals surface area contributed by atoms with Crippen LogP contribution in [0.5, 0.6) is 0 Å². The number of aromatic amines is 1. The topological polar surface area (TPSA) is 69.2 Å². The van der Waals surface area contributed by atoms with Crippen LogP contribution in [-0.2, 0) is 25.8 Å². The Hall–Kier alpha value is -2.02. The summed E-state index contributed by atoms with van der Waals surface area (Å²) in [5, 5.41) is 11.6. The number of benzene rings is 1. The summed E-state index contributed by atoms with van der Waals surface area (Å²) in [5.41, 5.74) is 2.35. The first kappa shape index (κ1) is 23.1. The second-order valence-corrected chi connectivity index (χ2v) is 10.9. The van der Waals surface area contributed by atoms with Crippen LogP contribution in [0.15, 0.2) is 35.1 Å². The molecule has 0 amide bonds. The average molecular weight is 454 g/mol. The maximum atomic E-state index is 13.0. The Balaban J connectivity index is 1.52. The number of rotatable bonds is 9. The van der Waals surface area contributed by atoms with Gasteiger partial charge in [-0.3, -0.25) is 9.69 Å². The van der Waals surface area contributed by atoms with Crippen LogP contribution < -0.4 is 5.56 Å². The van der Waals surface area contributed by atoms with Crippen LogP contribution in [0.2, 0.25) is 0 Å². The maximum Gasteiger partial charge on any atom is 0.259 e. The molecule has 3 aromatic rings. The quantitative estimate of drug-likeness (QED) is 0.498. The van der Waals surface area contributed by atoms with E-state index >= 15 is 0 Å². The molecule has 1 aliphatic rings. The summed E-state index contributed by atoms with van der Waals surface area (Å²) < 4.78 is 0. The molecule has 172 valence electrons. The Kier molecular flexibility index (Phi) is 7.44. The molecule has 2 atom stereocenters. The first-order chi connectivity index (χ1) is 15.4. The van der Waals surface area contributed by atoms with E-state index < -0.39 is 6.10 Å². The SMILES string of the molecule is CC(C)CCN(Cc1nc2sc3c(c2c(=O)[nH]1)CCC(C)C3)CC(O)Cc1ccccc1. The molecular weight excluding hydrogens is 418 g/mol. The van der Waals surface area contributed by atoms with E-state index in [-0.39, 0.29) is 5.56 Å². The molecule has 0 saturated carbocycles. The average Bonchev–Trinajstić information content (AvgIpc) is 3.10. The second-order valence-electron chi connectivity index (χ2n) is 9.81. The van der Waals surface area contributed by atoms with Gasteiger partial charge in [-0.1, -0.05) is 51.1 Å². The molecule has 0 saturated heterocycles. The van der Waals surface area contributed by atoms with Crippen LogP contribution >= 0.6 is 11.3 Å². The highest BCUT2D eigenvalue weighted by Gasteiger charge is 2.23. The Labute approximate surface area is 194 Å². The summed E-state index contributed by atoms with van der Waals surface area (Å²) in [7, 11) is 0. The van der Waals surface area contributed by atoms with Crippen LogP contribution in [0.25, 0.3) is 10.2 Å². The summed E-state index contributed by atoms with van der Waals surface area (Å²) in [6.07, 6.45) is 4.37. The van der Waals surface area contributed by atoms with Gasteiger partial charge in [-0.2, -0.15) is 0 Å². The molecule has 4 rings (SSSR count). The monoisotopic (exact) mass is 453 g/mol. The highest BCUT2D eigenvalue weighted by Crippen LogP contribution is 2.35. The zero-order valence-electron chi connectivity index (χ0n) is 19.4. The third kappa shape index (κ3) is 5.66. The third-order valence-electron chi connectivity index (χ3n) is 6.39. The Morgan fingerprint density at radius 2 is 2.06 bits per heavy atom. The molecule has 0 radical (unpaired) electrons. The Bertz CT molecular complexity index is 1090. The standard InChI is InChI=1S/C26H35N3O2S/c1-17(2)11-12-29(15-20(30)14-19-7-5-4-6-8-19)16-23-27-25(31)24-21-10-9-18(3)13-22(21)32-26(24)28-23/h4-8,17-18,20,30H,9-16H2,1-3H3,(H,27,28,31). The molecule has 2 unspecified atom stereocenters. The van der Waals surface area contributed by atoms with Crippen molar-refractivity contribution in [2.45, 2.75) is 65.5 Å². The molecule has 5 nitrogen and oxygen atoms in total. The van der Waals surface area contributed by atoms with Crippen molar-refractivity contribution in [1.82, 2.24) is 14.9 Å². The van der Waals surface area contributed by atoms with Crippen molar-refractivity contribution in [3.8, 4) is 0 Å². The van der Waals surface area contributed by atoms with Gasteiger partial charge in [-0.15, -0.1) is 11.3 Å². The van der Waals surface area contributed by atoms with Crippen molar-refractivity contribution < 1.29 is 5.11 Å². The van der Waals surface area contributed by atoms with E-state index in [0.29, 0.717) is 37.2 Å². The normalized spacial score (nSPS) is 17.2. The number of hydrogen-bond donors (Lipinski definition) is 2. The molecule has 6 heteroatoms. The highest BCUT2D eigenvalue weighted by molar-refractivity contribution is 7.18. The zero-order valence-corrected chi connectivity index (χ0v) is 20.3. The summed E-state index contributed by atoms with van der Waals surface area (Å²) in [6, 6.07) is 10.1. The second kappa shape index (κ2) is 10.3. The maximum absolute atomic E-state index is 13.0. The van der Waals surface area contributed by atoms with Crippen molar-refractivity contribution in [2.75, 3.05) is 13.1 Å². The molecule has 32 heavy (non-hydrogen) atoms. The van der Waals surface area contributed by atoms with Gasteiger partial charge in [0.2, 0.25) is 0 Å². The third-order valence-corrected chi connectivity index (χ3v) is 7.54. The number of thiophene rings is 1. The van der Waals surface area contributed by atoms with Gasteiger partial charge in [0.25, 0.3) is 5.56 Å². The van der Waals surface area contributed by atoms with E-state index in [0.717, 1.165) is 48.0 Å². The fourth-order valence-corrected chi connectivity index (χ4v) is 6.01. The van der Waals surface area contributed by atoms with Crippen LogP contribution in [0.3, 0.4) is 0 Å². The molecule has 2 aromatic heterocycles. The lowest BCUT2D eigenvalue weighted by molar-refractivity contribution is 0.104. The number of nitrogens with one attached hydrogen (secondary N) is 1. The van der Waals surface area contributed by atoms with Gasteiger partial charge in [0.05, 0.1) is 18.0 Å². The molecule has 0 fully saturated rings. The highest BCUT2D eigenvalue weighted by atomic mass is 32.1. The molecular formula is C26H35N3O2S. The van der Waals surface area contributed by atoms with Gasteiger partial charge in [-0.05, 0) is 61.6 Å². The van der Waals surface area contributed by atoms with Crippen molar-refractivity contribution in [1.29, 1.82) is 0 Å². The van der Waals surface area contributed by atoms with Crippen LogP contribution in [0.1, 0.15) is 55.4 Å². The fourth-order valence-electron chi connectivity index (χ4n) is 4.60. The van der Waals surface area contributed by atoms with Gasteiger partial charge in [0.1, 0.15) is 10.7 Å². The predicted molar refractivity (Wildman–Crippen MR) is 132 cm³/mol. The van der Waals surface area contributed by atoms with Crippen LogP contribution in [0, 0.1) is 11.8 Å². The first-order valence-electron chi connectivity index (χ1n) is 11.9. The smallest absolute Gasteiger partial charge is 0.259 e. The summed E-state index contributed by atoms with van der Waals surface area (Å²) in [4.78, 5) is 25.3. The lowest BCUT2D eigenvalue weighted by atomic mass is 9.89. The lowest BCUT2D eigenvalue weighted by Gasteiger charge is -2.25. The summed E-state index contributed by atoms with van der Waals surface area (Å²) in [6.45, 7) is 8.67. The molecule has 0 spiro atoms. The number of aliphatic hydroxyl groups excluding tert-OH is 1. The molecule has 1 aromatic carbocycles. The zero-order chi connectivity index (χ0) is 22.7. The van der Waals surface area contributed by atoms with Gasteiger partial charge in [-0.25, -0.2) is 4.98 Å². The number of aryl methyl sites for hydroxylation is 1. The van der Waals surface area contributed by atoms with Gasteiger partial charge in [0.15, 0.2) is 0 Å². The lowest BCUT2D eigenvalue weighted by Crippen LogP contribution is -2.35. The summed E-state index contributed by atoms with van der Waals surface area (Å²) >= 11 is 1.69. The number of H-pyrrole nitrogens is 1.